The first-order valence-electron chi connectivity index (χ1n) is 7.03. The molecule has 0 radical (unpaired) electrons. The van der Waals surface area contributed by atoms with E-state index in [0.29, 0.717) is 5.92 Å². The highest BCUT2D eigenvalue weighted by Crippen LogP contribution is 2.09. The van der Waals surface area contributed by atoms with Crippen molar-refractivity contribution < 1.29 is 0 Å². The van der Waals surface area contributed by atoms with Gasteiger partial charge in [0.2, 0.25) is 0 Å². The number of nitrogens with one attached hydrogen (secondary N) is 2. The number of halogens is 1. The summed E-state index contributed by atoms with van der Waals surface area (Å²) < 4.78 is 0. The first-order chi connectivity index (χ1) is 9.02. The van der Waals surface area contributed by atoms with Crippen LogP contribution in [0.5, 0.6) is 0 Å². The Balaban J connectivity index is 0.00000361. The second-order valence-electron chi connectivity index (χ2n) is 5.47. The SMILES string of the molecule is CN=C(NCCC(C)C)NCc1ccc(C)cc1C.I. The number of aryl methyl sites for hydroxylation is 2. The predicted molar refractivity (Wildman–Crippen MR) is 99.0 cm³/mol. The van der Waals surface area contributed by atoms with Crippen molar-refractivity contribution in [2.24, 2.45) is 10.9 Å². The normalized spacial score (nSPS) is 11.2. The maximum atomic E-state index is 4.24. The highest BCUT2D eigenvalue weighted by atomic mass is 127. The minimum atomic E-state index is 0. The minimum absolute atomic E-state index is 0. The van der Waals surface area contributed by atoms with Crippen molar-refractivity contribution in [3.8, 4) is 0 Å². The average Bonchev–Trinajstić information content (AvgIpc) is 2.35. The smallest absolute Gasteiger partial charge is 0.191 e. The van der Waals surface area contributed by atoms with Gasteiger partial charge in [-0.2, -0.15) is 0 Å². The lowest BCUT2D eigenvalue weighted by Gasteiger charge is -2.14. The molecule has 1 rings (SSSR count). The van der Waals surface area contributed by atoms with Crippen molar-refractivity contribution in [3.05, 3.63) is 34.9 Å². The zero-order chi connectivity index (χ0) is 14.3. The van der Waals surface area contributed by atoms with E-state index in [2.05, 4.69) is 61.5 Å². The molecule has 0 aliphatic carbocycles. The zero-order valence-electron chi connectivity index (χ0n) is 13.3. The molecule has 0 bridgehead atoms. The van der Waals surface area contributed by atoms with E-state index in [-0.39, 0.29) is 24.0 Å². The predicted octanol–water partition coefficient (Wildman–Crippen LogP) is 3.63. The first kappa shape index (κ1) is 19.2. The van der Waals surface area contributed by atoms with Gasteiger partial charge in [0.15, 0.2) is 5.96 Å². The van der Waals surface area contributed by atoms with Crippen LogP contribution in [0.4, 0.5) is 0 Å². The lowest BCUT2D eigenvalue weighted by molar-refractivity contribution is 0.573. The molecule has 0 amide bonds. The molecule has 2 N–H and O–H groups in total. The Labute approximate surface area is 140 Å². The van der Waals surface area contributed by atoms with Gasteiger partial charge in [0.1, 0.15) is 0 Å². The molecule has 0 saturated carbocycles. The zero-order valence-corrected chi connectivity index (χ0v) is 15.6. The molecule has 3 nitrogen and oxygen atoms in total. The number of hydrogen-bond acceptors (Lipinski definition) is 1. The Bertz CT molecular complexity index is 428. The molecular weight excluding hydrogens is 361 g/mol. The molecule has 4 heteroatoms. The van der Waals surface area contributed by atoms with Gasteiger partial charge >= 0.3 is 0 Å². The fourth-order valence-electron chi connectivity index (χ4n) is 1.92. The third-order valence-corrected chi connectivity index (χ3v) is 3.18. The van der Waals surface area contributed by atoms with Gasteiger partial charge in [0.05, 0.1) is 0 Å². The Morgan fingerprint density at radius 2 is 1.90 bits per heavy atom. The number of hydrogen-bond donors (Lipinski definition) is 2. The monoisotopic (exact) mass is 389 g/mol. The maximum Gasteiger partial charge on any atom is 0.191 e. The molecule has 0 aliphatic rings. The molecule has 0 spiro atoms. The Hall–Kier alpha value is -0.780. The van der Waals surface area contributed by atoms with E-state index in [4.69, 9.17) is 0 Å². The van der Waals surface area contributed by atoms with Gasteiger partial charge in [-0.25, -0.2) is 0 Å². The third-order valence-electron chi connectivity index (χ3n) is 3.18. The summed E-state index contributed by atoms with van der Waals surface area (Å²) >= 11 is 0. The summed E-state index contributed by atoms with van der Waals surface area (Å²) in [5, 5.41) is 6.70. The number of benzene rings is 1. The van der Waals surface area contributed by atoms with E-state index in [1.165, 1.54) is 16.7 Å². The summed E-state index contributed by atoms with van der Waals surface area (Å²) in [6, 6.07) is 6.55. The Morgan fingerprint density at radius 1 is 1.20 bits per heavy atom. The molecule has 0 aliphatic heterocycles. The quantitative estimate of drug-likeness (QED) is 0.458. The fraction of sp³-hybridized carbons (Fsp3) is 0.562. The molecule has 0 saturated heterocycles. The van der Waals surface area contributed by atoms with Crippen molar-refractivity contribution in [3.63, 3.8) is 0 Å². The van der Waals surface area contributed by atoms with E-state index < -0.39 is 0 Å². The average molecular weight is 389 g/mol. The highest BCUT2D eigenvalue weighted by molar-refractivity contribution is 14.0. The van der Waals surface area contributed by atoms with Crippen molar-refractivity contribution in [2.75, 3.05) is 13.6 Å². The Kier molecular flexibility index (Phi) is 9.63. The van der Waals surface area contributed by atoms with E-state index in [9.17, 15) is 0 Å². The summed E-state index contributed by atoms with van der Waals surface area (Å²) in [5.41, 5.74) is 3.95. The maximum absolute atomic E-state index is 4.24. The fourth-order valence-corrected chi connectivity index (χ4v) is 1.92. The van der Waals surface area contributed by atoms with Crippen LogP contribution in [-0.4, -0.2) is 19.6 Å². The topological polar surface area (TPSA) is 36.4 Å². The number of aliphatic imine (C=N–C) groups is 1. The second-order valence-corrected chi connectivity index (χ2v) is 5.47. The molecule has 114 valence electrons. The van der Waals surface area contributed by atoms with Gasteiger partial charge in [0, 0.05) is 20.1 Å². The molecule has 1 aromatic rings. The lowest BCUT2D eigenvalue weighted by Crippen LogP contribution is -2.37. The van der Waals surface area contributed by atoms with Gasteiger partial charge in [-0.3, -0.25) is 4.99 Å². The van der Waals surface area contributed by atoms with Crippen LogP contribution in [0.3, 0.4) is 0 Å². The van der Waals surface area contributed by atoms with Crippen LogP contribution in [-0.2, 0) is 6.54 Å². The van der Waals surface area contributed by atoms with Gasteiger partial charge in [-0.15, -0.1) is 24.0 Å². The minimum Gasteiger partial charge on any atom is -0.356 e. The van der Waals surface area contributed by atoms with Crippen molar-refractivity contribution >= 4 is 29.9 Å². The standard InChI is InChI=1S/C16H27N3.HI/c1-12(2)8-9-18-16(17-5)19-11-15-7-6-13(3)10-14(15)4;/h6-7,10,12H,8-9,11H2,1-5H3,(H2,17,18,19);1H. The van der Waals surface area contributed by atoms with Crippen molar-refractivity contribution in [1.29, 1.82) is 0 Å². The summed E-state index contributed by atoms with van der Waals surface area (Å²) in [6.07, 6.45) is 1.16. The molecule has 0 atom stereocenters. The highest BCUT2D eigenvalue weighted by Gasteiger charge is 2.01. The summed E-state index contributed by atoms with van der Waals surface area (Å²) in [4.78, 5) is 4.24. The van der Waals surface area contributed by atoms with Gasteiger partial charge in [-0.1, -0.05) is 37.6 Å². The van der Waals surface area contributed by atoms with Crippen LogP contribution in [0.1, 0.15) is 37.0 Å². The van der Waals surface area contributed by atoms with Crippen molar-refractivity contribution in [1.82, 2.24) is 10.6 Å². The molecule has 0 heterocycles. The number of nitrogens with zero attached hydrogens (tertiary/aromatic N) is 1. The largest absolute Gasteiger partial charge is 0.356 e. The molecule has 0 unspecified atom stereocenters. The summed E-state index contributed by atoms with van der Waals surface area (Å²) in [7, 11) is 1.81. The molecular formula is C16H28IN3. The first-order valence-corrected chi connectivity index (χ1v) is 7.03. The van der Waals surface area contributed by atoms with Gasteiger partial charge in [-0.05, 0) is 37.3 Å². The van der Waals surface area contributed by atoms with Crippen LogP contribution in [0.15, 0.2) is 23.2 Å². The van der Waals surface area contributed by atoms with Crippen LogP contribution >= 0.6 is 24.0 Å². The third kappa shape index (κ3) is 7.12. The molecule has 20 heavy (non-hydrogen) atoms. The lowest BCUT2D eigenvalue weighted by atomic mass is 10.1. The van der Waals surface area contributed by atoms with E-state index in [1.807, 2.05) is 7.05 Å². The summed E-state index contributed by atoms with van der Waals surface area (Å²) in [5.74, 6) is 1.59. The number of guanidine groups is 1. The van der Waals surface area contributed by atoms with E-state index >= 15 is 0 Å². The Morgan fingerprint density at radius 3 is 2.45 bits per heavy atom. The van der Waals surface area contributed by atoms with Gasteiger partial charge in [0.25, 0.3) is 0 Å². The van der Waals surface area contributed by atoms with Crippen LogP contribution < -0.4 is 10.6 Å². The molecule has 1 aromatic carbocycles. The second kappa shape index (κ2) is 10.0. The van der Waals surface area contributed by atoms with E-state index in [1.54, 1.807) is 0 Å². The molecule has 0 fully saturated rings. The van der Waals surface area contributed by atoms with E-state index in [0.717, 1.165) is 25.5 Å². The molecule has 0 aromatic heterocycles. The van der Waals surface area contributed by atoms with Crippen LogP contribution in [0, 0.1) is 19.8 Å². The van der Waals surface area contributed by atoms with Crippen LogP contribution in [0.25, 0.3) is 0 Å². The van der Waals surface area contributed by atoms with Crippen LogP contribution in [0.2, 0.25) is 0 Å². The van der Waals surface area contributed by atoms with Crippen molar-refractivity contribution in [2.45, 2.75) is 40.7 Å². The summed E-state index contributed by atoms with van der Waals surface area (Å²) in [6.45, 7) is 10.5. The number of rotatable bonds is 5. The van der Waals surface area contributed by atoms with Gasteiger partial charge < -0.3 is 10.6 Å².